The van der Waals surface area contributed by atoms with Gasteiger partial charge < -0.3 is 33.8 Å². The van der Waals surface area contributed by atoms with Crippen LogP contribution in [-0.2, 0) is 65.4 Å². The van der Waals surface area contributed by atoms with Crippen molar-refractivity contribution in [2.24, 2.45) is 11.8 Å². The summed E-state index contributed by atoms with van der Waals surface area (Å²) in [4.78, 5) is 73.0. The lowest BCUT2D eigenvalue weighted by atomic mass is 10.0. The molecule has 0 saturated heterocycles. The highest BCUT2D eigenvalue weighted by Gasteiger charge is 2.30. The summed E-state index contributed by atoms with van der Waals surface area (Å²) in [5.74, 6) is -0.620. The van der Waals surface area contributed by atoms with Crippen molar-refractivity contribution in [1.29, 1.82) is 0 Å². The minimum atomic E-state index is -4.96. The fourth-order valence-electron chi connectivity index (χ4n) is 12.5. The number of hydrogen-bond donors (Lipinski definition) is 3. The number of esters is 4. The standard InChI is InChI=1S/C81H158O17P2/c1-7-9-11-13-15-17-19-21-23-28-32-36-40-44-51-57-63-78(83)91-69-76(97-80(85)65-60-54-46-42-38-34-30-26-25-27-31-35-39-43-49-55-61-73(3)4)71-95-99(87,88)93-67-75(82)68-94-100(89,90)96-72-77(70-92-79(84)64-58-52-48-47-50-56-62-74(5)6)98-81(86)66-59-53-45-41-37-33-29-24-22-20-18-16-14-12-10-8-2/h73-77,82H,7-72H2,1-6H3,(H,87,88)(H,89,90)/t75-,76-,77-/m1/s1. The van der Waals surface area contributed by atoms with Gasteiger partial charge in [0.1, 0.15) is 19.3 Å². The van der Waals surface area contributed by atoms with Crippen molar-refractivity contribution in [2.45, 2.75) is 445 Å². The lowest BCUT2D eigenvalue weighted by molar-refractivity contribution is -0.161. The summed E-state index contributed by atoms with van der Waals surface area (Å²) in [6.45, 7) is 9.59. The normalized spacial score (nSPS) is 13.9. The van der Waals surface area contributed by atoms with Gasteiger partial charge in [-0.3, -0.25) is 37.3 Å². The van der Waals surface area contributed by atoms with Gasteiger partial charge in [0, 0.05) is 25.7 Å². The van der Waals surface area contributed by atoms with Crippen molar-refractivity contribution >= 4 is 39.5 Å². The number of hydrogen-bond acceptors (Lipinski definition) is 15. The molecule has 0 bridgehead atoms. The topological polar surface area (TPSA) is 237 Å². The molecule has 0 aliphatic rings. The molecule has 0 spiro atoms. The van der Waals surface area contributed by atoms with Crippen LogP contribution in [0.2, 0.25) is 0 Å². The molecule has 0 aromatic carbocycles. The zero-order chi connectivity index (χ0) is 73.5. The zero-order valence-corrected chi connectivity index (χ0v) is 67.3. The number of ether oxygens (including phenoxy) is 4. The lowest BCUT2D eigenvalue weighted by Gasteiger charge is -2.21. The van der Waals surface area contributed by atoms with Crippen LogP contribution >= 0.6 is 15.6 Å². The lowest BCUT2D eigenvalue weighted by Crippen LogP contribution is -2.30. The number of carbonyl (C=O) groups is 4. The maximum absolute atomic E-state index is 13.1. The molecular formula is C81H158O17P2. The van der Waals surface area contributed by atoms with Gasteiger partial charge in [-0.2, -0.15) is 0 Å². The van der Waals surface area contributed by atoms with Gasteiger partial charge in [-0.05, 0) is 37.5 Å². The number of rotatable bonds is 80. The van der Waals surface area contributed by atoms with Crippen LogP contribution in [0.1, 0.15) is 427 Å². The molecule has 2 unspecified atom stereocenters. The number of aliphatic hydroxyl groups excluding tert-OH is 1. The molecule has 594 valence electrons. The molecule has 0 fully saturated rings. The highest BCUT2D eigenvalue weighted by Crippen LogP contribution is 2.45. The van der Waals surface area contributed by atoms with Gasteiger partial charge in [-0.25, -0.2) is 9.13 Å². The Hall–Kier alpha value is -1.94. The molecule has 5 atom stereocenters. The van der Waals surface area contributed by atoms with Crippen LogP contribution in [0, 0.1) is 11.8 Å². The number of phosphoric ester groups is 2. The molecule has 0 aliphatic heterocycles. The molecule has 0 heterocycles. The highest BCUT2D eigenvalue weighted by atomic mass is 31.2. The Kier molecular flexibility index (Phi) is 71.2. The maximum Gasteiger partial charge on any atom is 0.472 e. The second-order valence-electron chi connectivity index (χ2n) is 30.1. The number of unbranched alkanes of at least 4 members (excludes halogenated alkanes) is 50. The van der Waals surface area contributed by atoms with E-state index in [0.29, 0.717) is 31.6 Å². The molecule has 19 heteroatoms. The first-order valence-electron chi connectivity index (χ1n) is 42.0. The summed E-state index contributed by atoms with van der Waals surface area (Å²) in [5.41, 5.74) is 0. The average Bonchev–Trinajstić information content (AvgIpc) is 0.927. The third-order valence-corrected chi connectivity index (χ3v) is 20.9. The van der Waals surface area contributed by atoms with E-state index in [-0.39, 0.29) is 25.7 Å². The second-order valence-corrected chi connectivity index (χ2v) is 33.0. The van der Waals surface area contributed by atoms with E-state index in [4.69, 9.17) is 37.0 Å². The Labute approximate surface area is 613 Å². The minimum absolute atomic E-state index is 0.107. The average molecular weight is 1470 g/mol. The van der Waals surface area contributed by atoms with E-state index in [1.54, 1.807) is 0 Å². The van der Waals surface area contributed by atoms with Crippen molar-refractivity contribution in [3.05, 3.63) is 0 Å². The minimum Gasteiger partial charge on any atom is -0.462 e. The summed E-state index contributed by atoms with van der Waals surface area (Å²) in [6, 6.07) is 0. The summed E-state index contributed by atoms with van der Waals surface area (Å²) >= 11 is 0. The molecular weight excluding hydrogens is 1310 g/mol. The summed E-state index contributed by atoms with van der Waals surface area (Å²) in [6.07, 6.45) is 62.6. The second kappa shape index (κ2) is 72.6. The molecule has 3 N–H and O–H groups in total. The van der Waals surface area contributed by atoms with Crippen LogP contribution in [0.5, 0.6) is 0 Å². The molecule has 0 radical (unpaired) electrons. The van der Waals surface area contributed by atoms with Gasteiger partial charge >= 0.3 is 39.5 Å². The quantitative estimate of drug-likeness (QED) is 0.0222. The van der Waals surface area contributed by atoms with Crippen LogP contribution < -0.4 is 0 Å². The summed E-state index contributed by atoms with van der Waals surface area (Å²) in [7, 11) is -9.92. The molecule has 17 nitrogen and oxygen atoms in total. The van der Waals surface area contributed by atoms with E-state index in [2.05, 4.69) is 41.5 Å². The van der Waals surface area contributed by atoms with Crippen molar-refractivity contribution in [2.75, 3.05) is 39.6 Å². The molecule has 0 aromatic rings. The number of carbonyl (C=O) groups excluding carboxylic acids is 4. The first-order valence-corrected chi connectivity index (χ1v) is 45.0. The predicted octanol–water partition coefficient (Wildman–Crippen LogP) is 24.3. The Bertz CT molecular complexity index is 1920. The van der Waals surface area contributed by atoms with E-state index >= 15 is 0 Å². The van der Waals surface area contributed by atoms with E-state index in [0.717, 1.165) is 102 Å². The first kappa shape index (κ1) is 98.1. The van der Waals surface area contributed by atoms with E-state index in [1.807, 2.05) is 0 Å². The summed E-state index contributed by atoms with van der Waals surface area (Å²) < 4.78 is 68.7. The molecule has 0 rings (SSSR count). The van der Waals surface area contributed by atoms with Crippen molar-refractivity contribution in [3.63, 3.8) is 0 Å². The number of aliphatic hydroxyl groups is 1. The van der Waals surface area contributed by atoms with Gasteiger partial charge in [0.2, 0.25) is 0 Å². The van der Waals surface area contributed by atoms with Gasteiger partial charge in [-0.1, -0.05) is 375 Å². The van der Waals surface area contributed by atoms with Crippen LogP contribution in [0.3, 0.4) is 0 Å². The van der Waals surface area contributed by atoms with Crippen molar-refractivity contribution in [1.82, 2.24) is 0 Å². The fraction of sp³-hybridized carbons (Fsp3) is 0.951. The summed E-state index contributed by atoms with van der Waals surface area (Å²) in [5, 5.41) is 10.6. The third kappa shape index (κ3) is 74.3. The largest absolute Gasteiger partial charge is 0.472 e. The van der Waals surface area contributed by atoms with Crippen molar-refractivity contribution < 1.29 is 80.2 Å². The van der Waals surface area contributed by atoms with Crippen molar-refractivity contribution in [3.8, 4) is 0 Å². The molecule has 0 aromatic heterocycles. The SMILES string of the molecule is CCCCCCCCCCCCCCCCCCC(=O)OC[C@H](COP(=O)(O)OC[C@@H](O)COP(=O)(O)OC[C@@H](COC(=O)CCCCCCCCC(C)C)OC(=O)CCCCCCCCCCCCCCCCCC)OC(=O)CCCCCCCCCCCCCCCCCCC(C)C. The molecule has 0 saturated carbocycles. The van der Waals surface area contributed by atoms with Crippen LogP contribution in [0.25, 0.3) is 0 Å². The van der Waals surface area contributed by atoms with Crippen LogP contribution in [0.4, 0.5) is 0 Å². The third-order valence-electron chi connectivity index (χ3n) is 19.0. The van der Waals surface area contributed by atoms with E-state index in [1.165, 1.54) is 238 Å². The fourth-order valence-corrected chi connectivity index (χ4v) is 14.1. The first-order chi connectivity index (χ1) is 48.4. The Balaban J connectivity index is 5.22. The van der Waals surface area contributed by atoms with Gasteiger partial charge in [0.15, 0.2) is 12.2 Å². The Morgan fingerprint density at radius 3 is 0.680 bits per heavy atom. The van der Waals surface area contributed by atoms with E-state index < -0.39 is 97.5 Å². The molecule has 100 heavy (non-hydrogen) atoms. The van der Waals surface area contributed by atoms with Crippen LogP contribution in [0.15, 0.2) is 0 Å². The van der Waals surface area contributed by atoms with E-state index in [9.17, 15) is 43.2 Å². The molecule has 0 amide bonds. The smallest absolute Gasteiger partial charge is 0.462 e. The molecule has 0 aliphatic carbocycles. The number of phosphoric acid groups is 2. The predicted molar refractivity (Wildman–Crippen MR) is 409 cm³/mol. The Morgan fingerprint density at radius 1 is 0.270 bits per heavy atom. The van der Waals surface area contributed by atoms with Gasteiger partial charge in [0.25, 0.3) is 0 Å². The monoisotopic (exact) mass is 1470 g/mol. The maximum atomic E-state index is 13.1. The Morgan fingerprint density at radius 2 is 0.460 bits per heavy atom. The highest BCUT2D eigenvalue weighted by molar-refractivity contribution is 7.47. The van der Waals surface area contributed by atoms with Gasteiger partial charge in [0.05, 0.1) is 26.4 Å². The van der Waals surface area contributed by atoms with Crippen LogP contribution in [-0.4, -0.2) is 96.7 Å². The zero-order valence-electron chi connectivity index (χ0n) is 65.5. The van der Waals surface area contributed by atoms with Gasteiger partial charge in [-0.15, -0.1) is 0 Å².